The number of ether oxygens (including phenoxy) is 1. The average Bonchev–Trinajstić information content (AvgIpc) is 2.81. The Kier molecular flexibility index (Phi) is 3.82. The van der Waals surface area contributed by atoms with Crippen LogP contribution in [0.3, 0.4) is 0 Å². The molecule has 0 aromatic heterocycles. The van der Waals surface area contributed by atoms with Crippen molar-refractivity contribution in [3.63, 3.8) is 0 Å². The summed E-state index contributed by atoms with van der Waals surface area (Å²) in [4.78, 5) is 16.5. The Morgan fingerprint density at radius 1 is 1.28 bits per heavy atom. The van der Waals surface area contributed by atoms with Gasteiger partial charge in [-0.05, 0) is 12.8 Å². The molecule has 1 atom stereocenters. The van der Waals surface area contributed by atoms with Crippen molar-refractivity contribution in [2.45, 2.75) is 31.4 Å². The zero-order valence-electron chi connectivity index (χ0n) is 10.9. The first kappa shape index (κ1) is 12.4. The summed E-state index contributed by atoms with van der Waals surface area (Å²) in [5.74, 6) is 0.285. The Morgan fingerprint density at radius 3 is 2.72 bits per heavy atom. The van der Waals surface area contributed by atoms with Gasteiger partial charge in [-0.3, -0.25) is 9.69 Å². The lowest BCUT2D eigenvalue weighted by molar-refractivity contribution is -0.141. The van der Waals surface area contributed by atoms with E-state index in [0.717, 1.165) is 58.7 Å². The average molecular weight is 253 g/mol. The predicted molar refractivity (Wildman–Crippen MR) is 68.4 cm³/mol. The van der Waals surface area contributed by atoms with Crippen molar-refractivity contribution in [3.05, 3.63) is 0 Å². The number of nitrogens with one attached hydrogen (secondary N) is 1. The molecule has 3 aliphatic heterocycles. The van der Waals surface area contributed by atoms with E-state index >= 15 is 0 Å². The number of nitrogens with zero attached hydrogens (tertiary/aromatic N) is 2. The maximum Gasteiger partial charge on any atom is 0.225 e. The third-order valence-corrected chi connectivity index (χ3v) is 4.31. The number of carbonyl (C=O) groups excluding carboxylic acids is 1. The molecule has 1 N–H and O–H groups in total. The first-order valence-corrected chi connectivity index (χ1v) is 7.17. The van der Waals surface area contributed by atoms with Gasteiger partial charge in [0, 0.05) is 51.9 Å². The Hall–Kier alpha value is -0.650. The molecule has 5 heteroatoms. The van der Waals surface area contributed by atoms with Crippen LogP contribution in [-0.4, -0.2) is 73.7 Å². The van der Waals surface area contributed by atoms with Gasteiger partial charge in [-0.15, -0.1) is 0 Å². The minimum Gasteiger partial charge on any atom is -0.378 e. The summed E-state index contributed by atoms with van der Waals surface area (Å²) >= 11 is 0. The number of rotatable bonds is 3. The number of hydrogen-bond donors (Lipinski definition) is 1. The summed E-state index contributed by atoms with van der Waals surface area (Å²) in [7, 11) is 0. The maximum absolute atomic E-state index is 12.0. The molecule has 3 aliphatic rings. The molecule has 18 heavy (non-hydrogen) atoms. The van der Waals surface area contributed by atoms with E-state index in [4.69, 9.17) is 4.74 Å². The SMILES string of the molecule is O=C(CC1CCCO1)N1CC(N2CCNCC2)C1. The number of piperazine rings is 1. The van der Waals surface area contributed by atoms with E-state index in [1.54, 1.807) is 0 Å². The minimum absolute atomic E-state index is 0.190. The quantitative estimate of drug-likeness (QED) is 0.748. The van der Waals surface area contributed by atoms with Gasteiger partial charge in [-0.1, -0.05) is 0 Å². The van der Waals surface area contributed by atoms with Crippen LogP contribution in [0.15, 0.2) is 0 Å². The van der Waals surface area contributed by atoms with Crippen molar-refractivity contribution in [1.29, 1.82) is 0 Å². The third-order valence-electron chi connectivity index (χ3n) is 4.31. The van der Waals surface area contributed by atoms with Crippen LogP contribution < -0.4 is 5.32 Å². The molecule has 3 heterocycles. The summed E-state index contributed by atoms with van der Waals surface area (Å²) in [5, 5.41) is 3.36. The van der Waals surface area contributed by atoms with Crippen LogP contribution in [0.2, 0.25) is 0 Å². The van der Waals surface area contributed by atoms with Crippen LogP contribution in [0.5, 0.6) is 0 Å². The standard InChI is InChI=1S/C13H23N3O2/c17-13(8-12-2-1-7-18-12)16-9-11(10-16)15-5-3-14-4-6-15/h11-12,14H,1-10H2. The van der Waals surface area contributed by atoms with Crippen molar-refractivity contribution >= 4 is 5.91 Å². The summed E-state index contributed by atoms with van der Waals surface area (Å²) < 4.78 is 5.52. The van der Waals surface area contributed by atoms with Crippen LogP contribution in [0, 0.1) is 0 Å². The summed E-state index contributed by atoms with van der Waals surface area (Å²) in [6.07, 6.45) is 2.95. The second-order valence-corrected chi connectivity index (χ2v) is 5.58. The normalized spacial score (nSPS) is 30.4. The van der Waals surface area contributed by atoms with Gasteiger partial charge in [-0.2, -0.15) is 0 Å². The van der Waals surface area contributed by atoms with Crippen LogP contribution >= 0.6 is 0 Å². The molecule has 3 saturated heterocycles. The predicted octanol–water partition coefficient (Wildman–Crippen LogP) is -0.328. The second kappa shape index (κ2) is 5.55. The van der Waals surface area contributed by atoms with Gasteiger partial charge in [0.2, 0.25) is 5.91 Å². The van der Waals surface area contributed by atoms with Crippen molar-refractivity contribution in [2.24, 2.45) is 0 Å². The van der Waals surface area contributed by atoms with Crippen molar-refractivity contribution in [1.82, 2.24) is 15.1 Å². The topological polar surface area (TPSA) is 44.8 Å². The zero-order valence-corrected chi connectivity index (χ0v) is 10.9. The van der Waals surface area contributed by atoms with Gasteiger partial charge in [0.1, 0.15) is 0 Å². The highest BCUT2D eigenvalue weighted by molar-refractivity contribution is 5.77. The molecule has 3 fully saturated rings. The van der Waals surface area contributed by atoms with Gasteiger partial charge in [0.15, 0.2) is 0 Å². The van der Waals surface area contributed by atoms with Crippen LogP contribution in [-0.2, 0) is 9.53 Å². The Balaban J connectivity index is 1.39. The molecule has 0 spiro atoms. The highest BCUT2D eigenvalue weighted by Gasteiger charge is 2.35. The van der Waals surface area contributed by atoms with E-state index in [0.29, 0.717) is 12.5 Å². The molecule has 0 saturated carbocycles. The lowest BCUT2D eigenvalue weighted by Gasteiger charge is -2.47. The molecule has 1 amide bonds. The monoisotopic (exact) mass is 253 g/mol. The smallest absolute Gasteiger partial charge is 0.225 e. The molecule has 102 valence electrons. The van der Waals surface area contributed by atoms with Gasteiger partial charge in [-0.25, -0.2) is 0 Å². The van der Waals surface area contributed by atoms with Gasteiger partial charge in [0.05, 0.1) is 12.5 Å². The van der Waals surface area contributed by atoms with E-state index in [1.807, 2.05) is 4.90 Å². The fraction of sp³-hybridized carbons (Fsp3) is 0.923. The van der Waals surface area contributed by atoms with E-state index in [2.05, 4.69) is 10.2 Å². The highest BCUT2D eigenvalue weighted by Crippen LogP contribution is 2.20. The number of likely N-dealkylation sites (tertiary alicyclic amines) is 1. The fourth-order valence-electron chi connectivity index (χ4n) is 3.07. The van der Waals surface area contributed by atoms with Gasteiger partial charge >= 0.3 is 0 Å². The van der Waals surface area contributed by atoms with Gasteiger partial charge in [0.25, 0.3) is 0 Å². The molecule has 0 aliphatic carbocycles. The van der Waals surface area contributed by atoms with E-state index in [1.165, 1.54) is 0 Å². The zero-order chi connectivity index (χ0) is 12.4. The van der Waals surface area contributed by atoms with Gasteiger partial charge < -0.3 is 15.0 Å². The summed E-state index contributed by atoms with van der Waals surface area (Å²) in [6, 6.07) is 0.598. The molecule has 3 rings (SSSR count). The third kappa shape index (κ3) is 2.68. The van der Waals surface area contributed by atoms with E-state index in [-0.39, 0.29) is 12.0 Å². The second-order valence-electron chi connectivity index (χ2n) is 5.58. The van der Waals surface area contributed by atoms with Crippen molar-refractivity contribution in [2.75, 3.05) is 45.9 Å². The fourth-order valence-corrected chi connectivity index (χ4v) is 3.07. The van der Waals surface area contributed by atoms with E-state index in [9.17, 15) is 4.79 Å². The molecule has 0 radical (unpaired) electrons. The molecule has 0 aromatic carbocycles. The molecule has 0 bridgehead atoms. The molecule has 0 aromatic rings. The summed E-state index contributed by atoms with van der Waals surface area (Å²) in [5.41, 5.74) is 0. The van der Waals surface area contributed by atoms with Crippen molar-refractivity contribution in [3.8, 4) is 0 Å². The molecular formula is C13H23N3O2. The van der Waals surface area contributed by atoms with Crippen LogP contribution in [0.4, 0.5) is 0 Å². The molecule has 1 unspecified atom stereocenters. The lowest BCUT2D eigenvalue weighted by Crippen LogP contribution is -2.64. The first-order valence-electron chi connectivity index (χ1n) is 7.17. The highest BCUT2D eigenvalue weighted by atomic mass is 16.5. The Labute approximate surface area is 108 Å². The van der Waals surface area contributed by atoms with E-state index < -0.39 is 0 Å². The first-order chi connectivity index (χ1) is 8.83. The minimum atomic E-state index is 0.190. The largest absolute Gasteiger partial charge is 0.378 e. The van der Waals surface area contributed by atoms with Crippen LogP contribution in [0.1, 0.15) is 19.3 Å². The number of hydrogen-bond acceptors (Lipinski definition) is 4. The maximum atomic E-state index is 12.0. The van der Waals surface area contributed by atoms with Crippen molar-refractivity contribution < 1.29 is 9.53 Å². The Bertz CT molecular complexity index is 293. The molecular weight excluding hydrogens is 230 g/mol. The number of amides is 1. The molecule has 5 nitrogen and oxygen atoms in total. The Morgan fingerprint density at radius 2 is 2.06 bits per heavy atom. The lowest BCUT2D eigenvalue weighted by atomic mass is 10.0. The summed E-state index contributed by atoms with van der Waals surface area (Å²) in [6.45, 7) is 7.09. The number of carbonyl (C=O) groups is 1. The van der Waals surface area contributed by atoms with Crippen LogP contribution in [0.25, 0.3) is 0 Å².